The molecule has 3 N–H and O–H groups in total. The molecule has 0 fully saturated rings. The molecule has 0 saturated carbocycles. The van der Waals surface area contributed by atoms with Crippen LogP contribution in [0.1, 0.15) is 10.4 Å². The number of ether oxygens (including phenoxy) is 2. The fourth-order valence-electron chi connectivity index (χ4n) is 1.70. The third kappa shape index (κ3) is 9.23. The highest BCUT2D eigenvalue weighted by molar-refractivity contribution is 6.36. The Balaban J connectivity index is 2.25. The van der Waals surface area contributed by atoms with Crippen molar-refractivity contribution in [3.63, 3.8) is 0 Å². The van der Waals surface area contributed by atoms with Crippen LogP contribution in [0.5, 0.6) is 0 Å². The van der Waals surface area contributed by atoms with Gasteiger partial charge in [0.1, 0.15) is 6.54 Å². The topological polar surface area (TPSA) is 123 Å². The summed E-state index contributed by atoms with van der Waals surface area (Å²) in [7, 11) is 1.49. The smallest absolute Gasteiger partial charge is 0.325 e. The molecular formula is C16H19Cl2N3O6. The number of carbonyl (C=O) groups excluding carboxylic acids is 4. The molecule has 0 aliphatic rings. The number of benzene rings is 1. The van der Waals surface area contributed by atoms with Crippen LogP contribution >= 0.6 is 23.2 Å². The van der Waals surface area contributed by atoms with Crippen molar-refractivity contribution in [3.8, 4) is 0 Å². The van der Waals surface area contributed by atoms with Crippen molar-refractivity contribution < 1.29 is 28.7 Å². The van der Waals surface area contributed by atoms with E-state index in [0.717, 1.165) is 0 Å². The van der Waals surface area contributed by atoms with E-state index in [9.17, 15) is 19.2 Å². The van der Waals surface area contributed by atoms with Crippen LogP contribution in [-0.2, 0) is 23.9 Å². The average molecular weight is 420 g/mol. The molecule has 148 valence electrons. The third-order valence-corrected chi connectivity index (χ3v) is 3.56. The highest BCUT2D eigenvalue weighted by atomic mass is 35.5. The van der Waals surface area contributed by atoms with Gasteiger partial charge in [-0.15, -0.1) is 0 Å². The molecule has 1 aromatic rings. The van der Waals surface area contributed by atoms with Gasteiger partial charge in [-0.25, -0.2) is 0 Å². The summed E-state index contributed by atoms with van der Waals surface area (Å²) in [6.07, 6.45) is 0. The summed E-state index contributed by atoms with van der Waals surface area (Å²) in [4.78, 5) is 46.4. The van der Waals surface area contributed by atoms with E-state index in [1.165, 1.54) is 25.3 Å². The van der Waals surface area contributed by atoms with Gasteiger partial charge in [0.15, 0.2) is 6.61 Å². The fraction of sp³-hybridized carbons (Fsp3) is 0.375. The normalized spacial score (nSPS) is 10.0. The largest absolute Gasteiger partial charge is 0.454 e. The molecule has 1 aromatic carbocycles. The Bertz CT molecular complexity index is 699. The summed E-state index contributed by atoms with van der Waals surface area (Å²) in [5.41, 5.74) is 0.160. The maximum absolute atomic E-state index is 11.9. The summed E-state index contributed by atoms with van der Waals surface area (Å²) in [5, 5.41) is 7.60. The van der Waals surface area contributed by atoms with Crippen LogP contribution in [-0.4, -0.2) is 63.6 Å². The predicted octanol–water partition coefficient (Wildman–Crippen LogP) is 0.145. The van der Waals surface area contributed by atoms with Crippen molar-refractivity contribution in [3.05, 3.63) is 33.8 Å². The Morgan fingerprint density at radius 2 is 1.74 bits per heavy atom. The number of halogens is 2. The number of hydrogen-bond acceptors (Lipinski definition) is 6. The molecule has 1 rings (SSSR count). The van der Waals surface area contributed by atoms with E-state index in [4.69, 9.17) is 27.9 Å². The molecule has 0 saturated heterocycles. The van der Waals surface area contributed by atoms with E-state index >= 15 is 0 Å². The zero-order chi connectivity index (χ0) is 20.2. The molecule has 0 unspecified atom stereocenters. The Labute approximate surface area is 165 Å². The molecule has 0 aliphatic heterocycles. The lowest BCUT2D eigenvalue weighted by molar-refractivity contribution is -0.148. The van der Waals surface area contributed by atoms with Crippen LogP contribution in [0.3, 0.4) is 0 Å². The van der Waals surface area contributed by atoms with E-state index in [2.05, 4.69) is 20.7 Å². The van der Waals surface area contributed by atoms with Gasteiger partial charge in [0.25, 0.3) is 11.8 Å². The summed E-state index contributed by atoms with van der Waals surface area (Å²) in [6.45, 7) is -0.655. The molecular weight excluding hydrogens is 401 g/mol. The number of esters is 1. The number of nitrogens with one attached hydrogen (secondary N) is 3. The van der Waals surface area contributed by atoms with Crippen LogP contribution in [0.4, 0.5) is 0 Å². The molecule has 9 nitrogen and oxygen atoms in total. The summed E-state index contributed by atoms with van der Waals surface area (Å²) in [6, 6.07) is 4.32. The Kier molecular flexibility index (Phi) is 10.2. The predicted molar refractivity (Wildman–Crippen MR) is 97.6 cm³/mol. The first kappa shape index (κ1) is 22.7. The minimum Gasteiger partial charge on any atom is -0.454 e. The van der Waals surface area contributed by atoms with Crippen molar-refractivity contribution in [1.29, 1.82) is 0 Å². The molecule has 0 radical (unpaired) electrons. The molecule has 11 heteroatoms. The van der Waals surface area contributed by atoms with E-state index in [-0.39, 0.29) is 17.1 Å². The van der Waals surface area contributed by atoms with Crippen LogP contribution in [0, 0.1) is 0 Å². The average Bonchev–Trinajstić information content (AvgIpc) is 2.63. The van der Waals surface area contributed by atoms with Crippen LogP contribution in [0.2, 0.25) is 10.0 Å². The summed E-state index contributed by atoms with van der Waals surface area (Å²) >= 11 is 11.6. The quantitative estimate of drug-likeness (QED) is 0.366. The summed E-state index contributed by atoms with van der Waals surface area (Å²) in [5.74, 6) is -2.46. The summed E-state index contributed by atoms with van der Waals surface area (Å²) < 4.78 is 9.43. The monoisotopic (exact) mass is 419 g/mol. The number of hydrogen-bond donors (Lipinski definition) is 3. The van der Waals surface area contributed by atoms with Gasteiger partial charge in [0.2, 0.25) is 5.91 Å². The van der Waals surface area contributed by atoms with Crippen molar-refractivity contribution >= 4 is 46.9 Å². The van der Waals surface area contributed by atoms with Gasteiger partial charge >= 0.3 is 5.97 Å². The highest BCUT2D eigenvalue weighted by Gasteiger charge is 2.13. The first-order chi connectivity index (χ1) is 12.8. The minimum absolute atomic E-state index is 0.146. The van der Waals surface area contributed by atoms with E-state index < -0.39 is 36.8 Å². The van der Waals surface area contributed by atoms with Crippen molar-refractivity contribution in [1.82, 2.24) is 16.0 Å². The molecule has 0 spiro atoms. The first-order valence-corrected chi connectivity index (χ1v) is 8.50. The van der Waals surface area contributed by atoms with Gasteiger partial charge < -0.3 is 25.4 Å². The Hall–Kier alpha value is -2.36. The molecule has 0 bridgehead atoms. The number of carbonyl (C=O) groups is 4. The van der Waals surface area contributed by atoms with E-state index in [1.54, 1.807) is 0 Å². The molecule has 0 aliphatic carbocycles. The van der Waals surface area contributed by atoms with E-state index in [1.807, 2.05) is 0 Å². The molecule has 0 heterocycles. The standard InChI is InChI=1S/C16H19Cl2N3O6/c1-26-5-4-19-14(23)9-27-15(24)8-20-13(22)7-21-16(25)11-3-2-10(17)6-12(11)18/h2-3,6H,4-5,7-9H2,1H3,(H,19,23)(H,20,22)(H,21,25). The first-order valence-electron chi connectivity index (χ1n) is 7.74. The van der Waals surface area contributed by atoms with Gasteiger partial charge in [-0.2, -0.15) is 0 Å². The lowest BCUT2D eigenvalue weighted by atomic mass is 10.2. The van der Waals surface area contributed by atoms with Crippen LogP contribution in [0.15, 0.2) is 18.2 Å². The zero-order valence-corrected chi connectivity index (χ0v) is 16.0. The molecule has 0 atom stereocenters. The van der Waals surface area contributed by atoms with Gasteiger partial charge in [-0.3, -0.25) is 19.2 Å². The molecule has 3 amide bonds. The maximum atomic E-state index is 11.9. The third-order valence-electron chi connectivity index (χ3n) is 3.01. The Morgan fingerprint density at radius 1 is 1.00 bits per heavy atom. The van der Waals surface area contributed by atoms with Crippen molar-refractivity contribution in [2.45, 2.75) is 0 Å². The van der Waals surface area contributed by atoms with Crippen LogP contribution < -0.4 is 16.0 Å². The second-order valence-electron chi connectivity index (χ2n) is 5.09. The number of rotatable bonds is 10. The second-order valence-corrected chi connectivity index (χ2v) is 5.93. The van der Waals surface area contributed by atoms with Crippen molar-refractivity contribution in [2.75, 3.05) is 40.0 Å². The fourth-order valence-corrected chi connectivity index (χ4v) is 2.20. The Morgan fingerprint density at radius 3 is 2.41 bits per heavy atom. The SMILES string of the molecule is COCCNC(=O)COC(=O)CNC(=O)CNC(=O)c1ccc(Cl)cc1Cl. The molecule has 27 heavy (non-hydrogen) atoms. The maximum Gasteiger partial charge on any atom is 0.325 e. The van der Waals surface area contributed by atoms with Gasteiger partial charge in [0.05, 0.1) is 23.7 Å². The molecule has 0 aromatic heterocycles. The second kappa shape index (κ2) is 12.1. The number of methoxy groups -OCH3 is 1. The van der Waals surface area contributed by atoms with Gasteiger partial charge in [-0.05, 0) is 18.2 Å². The van der Waals surface area contributed by atoms with Gasteiger partial charge in [-0.1, -0.05) is 23.2 Å². The van der Waals surface area contributed by atoms with E-state index in [0.29, 0.717) is 18.2 Å². The van der Waals surface area contributed by atoms with Crippen LogP contribution in [0.25, 0.3) is 0 Å². The minimum atomic E-state index is -0.794. The zero-order valence-electron chi connectivity index (χ0n) is 14.5. The van der Waals surface area contributed by atoms with Crippen molar-refractivity contribution in [2.24, 2.45) is 0 Å². The van der Waals surface area contributed by atoms with Gasteiger partial charge in [0, 0.05) is 18.7 Å². The highest BCUT2D eigenvalue weighted by Crippen LogP contribution is 2.20. The lowest BCUT2D eigenvalue weighted by Gasteiger charge is -2.09. The lowest BCUT2D eigenvalue weighted by Crippen LogP contribution is -2.40. The number of amides is 3.